The molecular weight excluding hydrogens is 234 g/mol. The third kappa shape index (κ3) is 4.40. The molecule has 1 aromatic rings. The van der Waals surface area contributed by atoms with E-state index in [1.807, 2.05) is 37.4 Å². The quantitative estimate of drug-likeness (QED) is 0.792. The van der Waals surface area contributed by atoms with E-state index in [0.717, 1.165) is 4.90 Å². The number of amides is 1. The average Bonchev–Trinajstić information content (AvgIpc) is 2.27. The van der Waals surface area contributed by atoms with E-state index in [4.69, 9.17) is 0 Å². The van der Waals surface area contributed by atoms with Crippen molar-refractivity contribution in [1.29, 1.82) is 0 Å². The van der Waals surface area contributed by atoms with Crippen molar-refractivity contribution in [2.24, 2.45) is 0 Å². The van der Waals surface area contributed by atoms with Crippen LogP contribution in [0.25, 0.3) is 0 Å². The lowest BCUT2D eigenvalue weighted by atomic mass is 10.1. The maximum Gasteiger partial charge on any atom is 0.252 e. The summed E-state index contributed by atoms with van der Waals surface area (Å²) in [5.74, 6) is -0.0805. The Hall–Kier alpha value is -1.00. The van der Waals surface area contributed by atoms with Gasteiger partial charge in [0.2, 0.25) is 0 Å². The standard InChI is InChI=1S/C13H19NO2S/c1-9(8-10(2)15)14-13(16)11-6-4-5-7-12(11)17-3/h4-7,9-10,15H,8H2,1-3H3,(H,14,16). The molecule has 0 aliphatic heterocycles. The average molecular weight is 253 g/mol. The molecule has 2 N–H and O–H groups in total. The third-order valence-corrected chi connectivity index (χ3v) is 3.22. The molecule has 0 fully saturated rings. The Morgan fingerprint density at radius 3 is 2.65 bits per heavy atom. The van der Waals surface area contributed by atoms with Crippen LogP contribution in [0, 0.1) is 0 Å². The summed E-state index contributed by atoms with van der Waals surface area (Å²) in [7, 11) is 0. The summed E-state index contributed by atoms with van der Waals surface area (Å²) in [6, 6.07) is 7.49. The van der Waals surface area contributed by atoms with Gasteiger partial charge in [-0.15, -0.1) is 11.8 Å². The fourth-order valence-corrected chi connectivity index (χ4v) is 2.30. The zero-order chi connectivity index (χ0) is 12.8. The number of nitrogens with one attached hydrogen (secondary N) is 1. The maximum atomic E-state index is 12.0. The van der Waals surface area contributed by atoms with Crippen molar-refractivity contribution < 1.29 is 9.90 Å². The second-order valence-corrected chi connectivity index (χ2v) is 5.01. The monoisotopic (exact) mass is 253 g/mol. The molecule has 0 aliphatic rings. The first-order chi connectivity index (χ1) is 8.04. The molecule has 0 heterocycles. The molecule has 1 aromatic carbocycles. The third-order valence-electron chi connectivity index (χ3n) is 2.42. The molecule has 0 aliphatic carbocycles. The van der Waals surface area contributed by atoms with E-state index in [0.29, 0.717) is 12.0 Å². The van der Waals surface area contributed by atoms with Crippen molar-refractivity contribution in [2.45, 2.75) is 37.3 Å². The summed E-state index contributed by atoms with van der Waals surface area (Å²) in [5.41, 5.74) is 0.692. The molecule has 3 nitrogen and oxygen atoms in total. The molecule has 94 valence electrons. The molecule has 0 saturated carbocycles. The van der Waals surface area contributed by atoms with E-state index in [1.54, 1.807) is 18.7 Å². The molecular formula is C13H19NO2S. The van der Waals surface area contributed by atoms with Crippen molar-refractivity contribution in [3.8, 4) is 0 Å². The fraction of sp³-hybridized carbons (Fsp3) is 0.462. The Labute approximate surface area is 107 Å². The Kier molecular flexibility index (Phi) is 5.51. The smallest absolute Gasteiger partial charge is 0.252 e. The van der Waals surface area contributed by atoms with E-state index in [2.05, 4.69) is 5.32 Å². The Balaban J connectivity index is 2.69. The van der Waals surface area contributed by atoms with E-state index in [1.165, 1.54) is 0 Å². The van der Waals surface area contributed by atoms with Gasteiger partial charge in [0.1, 0.15) is 0 Å². The number of carbonyl (C=O) groups is 1. The van der Waals surface area contributed by atoms with Crippen molar-refractivity contribution in [2.75, 3.05) is 6.26 Å². The van der Waals surface area contributed by atoms with E-state index < -0.39 is 6.10 Å². The number of thioether (sulfide) groups is 1. The predicted molar refractivity (Wildman–Crippen MR) is 71.4 cm³/mol. The SMILES string of the molecule is CSc1ccccc1C(=O)NC(C)CC(C)O. The molecule has 0 spiro atoms. The van der Waals surface area contributed by atoms with E-state index in [9.17, 15) is 9.90 Å². The Morgan fingerprint density at radius 2 is 2.06 bits per heavy atom. The van der Waals surface area contributed by atoms with Crippen LogP contribution in [0.3, 0.4) is 0 Å². The molecule has 0 saturated heterocycles. The van der Waals surface area contributed by atoms with Crippen molar-refractivity contribution in [1.82, 2.24) is 5.32 Å². The first-order valence-corrected chi connectivity index (χ1v) is 6.89. The first kappa shape index (κ1) is 14.1. The number of rotatable bonds is 5. The van der Waals surface area contributed by atoms with Crippen molar-refractivity contribution in [3.05, 3.63) is 29.8 Å². The summed E-state index contributed by atoms with van der Waals surface area (Å²) in [5, 5.41) is 12.1. The van der Waals surface area contributed by atoms with Gasteiger partial charge in [0.05, 0.1) is 11.7 Å². The molecule has 1 amide bonds. The van der Waals surface area contributed by atoms with Crippen molar-refractivity contribution in [3.63, 3.8) is 0 Å². The molecule has 17 heavy (non-hydrogen) atoms. The minimum Gasteiger partial charge on any atom is -0.393 e. The molecule has 2 unspecified atom stereocenters. The molecule has 0 radical (unpaired) electrons. The Bertz CT molecular complexity index is 379. The molecule has 0 aromatic heterocycles. The highest BCUT2D eigenvalue weighted by molar-refractivity contribution is 7.98. The zero-order valence-electron chi connectivity index (χ0n) is 10.4. The fourth-order valence-electron chi connectivity index (χ4n) is 1.70. The van der Waals surface area contributed by atoms with Crippen LogP contribution in [0.4, 0.5) is 0 Å². The lowest BCUT2D eigenvalue weighted by Gasteiger charge is -2.16. The van der Waals surface area contributed by atoms with Gasteiger partial charge in [0.15, 0.2) is 0 Å². The molecule has 2 atom stereocenters. The number of hydrogen-bond donors (Lipinski definition) is 2. The van der Waals surface area contributed by atoms with E-state index in [-0.39, 0.29) is 11.9 Å². The normalized spacial score (nSPS) is 14.1. The minimum absolute atomic E-state index is 0.0302. The van der Waals surface area contributed by atoms with Crippen LogP contribution in [0.1, 0.15) is 30.6 Å². The van der Waals surface area contributed by atoms with Gasteiger partial charge in [-0.25, -0.2) is 0 Å². The van der Waals surface area contributed by atoms with Gasteiger partial charge in [0.25, 0.3) is 5.91 Å². The first-order valence-electron chi connectivity index (χ1n) is 5.66. The van der Waals surface area contributed by atoms with Gasteiger partial charge in [0, 0.05) is 10.9 Å². The number of hydrogen-bond acceptors (Lipinski definition) is 3. The van der Waals surface area contributed by atoms with Gasteiger partial charge >= 0.3 is 0 Å². The number of benzene rings is 1. The van der Waals surface area contributed by atoms with Gasteiger partial charge in [-0.05, 0) is 38.7 Å². The highest BCUT2D eigenvalue weighted by Gasteiger charge is 2.13. The topological polar surface area (TPSA) is 49.3 Å². The summed E-state index contributed by atoms with van der Waals surface area (Å²) < 4.78 is 0. The van der Waals surface area contributed by atoms with Crippen LogP contribution in [0.5, 0.6) is 0 Å². The molecule has 4 heteroatoms. The number of carbonyl (C=O) groups excluding carboxylic acids is 1. The van der Waals surface area contributed by atoms with Crippen LogP contribution in [-0.2, 0) is 0 Å². The second-order valence-electron chi connectivity index (χ2n) is 4.16. The van der Waals surface area contributed by atoms with Crippen LogP contribution < -0.4 is 5.32 Å². The maximum absolute atomic E-state index is 12.0. The highest BCUT2D eigenvalue weighted by Crippen LogP contribution is 2.19. The van der Waals surface area contributed by atoms with Crippen LogP contribution in [-0.4, -0.2) is 29.4 Å². The number of aliphatic hydroxyl groups is 1. The van der Waals surface area contributed by atoms with Gasteiger partial charge in [-0.3, -0.25) is 4.79 Å². The molecule has 0 bridgehead atoms. The zero-order valence-corrected chi connectivity index (χ0v) is 11.3. The molecule has 1 rings (SSSR count). The Morgan fingerprint density at radius 1 is 1.41 bits per heavy atom. The lowest BCUT2D eigenvalue weighted by molar-refractivity contribution is 0.0920. The summed E-state index contributed by atoms with van der Waals surface area (Å²) in [4.78, 5) is 13.0. The summed E-state index contributed by atoms with van der Waals surface area (Å²) in [6.07, 6.45) is 2.11. The van der Waals surface area contributed by atoms with Crippen molar-refractivity contribution >= 4 is 17.7 Å². The van der Waals surface area contributed by atoms with E-state index >= 15 is 0 Å². The van der Waals surface area contributed by atoms with Gasteiger partial charge in [-0.2, -0.15) is 0 Å². The highest BCUT2D eigenvalue weighted by atomic mass is 32.2. The number of aliphatic hydroxyl groups excluding tert-OH is 1. The second kappa shape index (κ2) is 6.67. The largest absolute Gasteiger partial charge is 0.393 e. The van der Waals surface area contributed by atoms with Gasteiger partial charge < -0.3 is 10.4 Å². The lowest BCUT2D eigenvalue weighted by Crippen LogP contribution is -2.34. The predicted octanol–water partition coefficient (Wildman–Crippen LogP) is 2.30. The van der Waals surface area contributed by atoms with Crippen LogP contribution >= 0.6 is 11.8 Å². The summed E-state index contributed by atoms with van der Waals surface area (Å²) in [6.45, 7) is 3.62. The minimum atomic E-state index is -0.402. The summed E-state index contributed by atoms with van der Waals surface area (Å²) >= 11 is 1.55. The van der Waals surface area contributed by atoms with Crippen LogP contribution in [0.15, 0.2) is 29.2 Å². The van der Waals surface area contributed by atoms with Gasteiger partial charge in [-0.1, -0.05) is 12.1 Å². The van der Waals surface area contributed by atoms with Crippen LogP contribution in [0.2, 0.25) is 0 Å².